The number of amides is 1. The number of likely N-dealkylation sites (N-methyl/N-ethyl adjacent to an activating group) is 1. The van der Waals surface area contributed by atoms with Crippen molar-refractivity contribution in [1.82, 2.24) is 15.2 Å². The molecule has 1 aliphatic heterocycles. The average Bonchev–Trinajstić information content (AvgIpc) is 2.87. The summed E-state index contributed by atoms with van der Waals surface area (Å²) in [6, 6.07) is 0.323. The summed E-state index contributed by atoms with van der Waals surface area (Å²) in [4.78, 5) is 17.6. The van der Waals surface area contributed by atoms with E-state index >= 15 is 0 Å². The molecule has 0 bridgehead atoms. The van der Waals surface area contributed by atoms with E-state index in [1.54, 1.807) is 15.8 Å². The molecule has 2 heterocycles. The van der Waals surface area contributed by atoms with Gasteiger partial charge in [0, 0.05) is 25.0 Å². The van der Waals surface area contributed by atoms with Gasteiger partial charge < -0.3 is 10.2 Å². The zero-order valence-electron chi connectivity index (χ0n) is 8.88. The third-order valence-corrected chi connectivity index (χ3v) is 3.14. The number of thiazole rings is 1. The first-order valence-corrected chi connectivity index (χ1v) is 5.59. The van der Waals surface area contributed by atoms with Crippen LogP contribution >= 0.6 is 36.2 Å². The normalized spacial score (nSPS) is 18.4. The summed E-state index contributed by atoms with van der Waals surface area (Å²) in [7, 11) is 1.85. The van der Waals surface area contributed by atoms with Crippen LogP contribution in [0.1, 0.15) is 16.9 Å². The van der Waals surface area contributed by atoms with Crippen molar-refractivity contribution in [3.8, 4) is 0 Å². The molecule has 1 aromatic rings. The number of carbonyl (C=O) groups is 1. The minimum atomic E-state index is 0. The van der Waals surface area contributed by atoms with Crippen LogP contribution in [-0.4, -0.2) is 42.0 Å². The third kappa shape index (κ3) is 3.31. The molecule has 16 heavy (non-hydrogen) atoms. The van der Waals surface area contributed by atoms with Crippen LogP contribution in [-0.2, 0) is 0 Å². The molecule has 1 fully saturated rings. The Morgan fingerprint density at radius 1 is 1.62 bits per heavy atom. The molecule has 1 atom stereocenters. The van der Waals surface area contributed by atoms with Gasteiger partial charge in [-0.2, -0.15) is 0 Å². The fourth-order valence-corrected chi connectivity index (χ4v) is 2.16. The lowest BCUT2D eigenvalue weighted by Gasteiger charge is -2.22. The van der Waals surface area contributed by atoms with Crippen LogP contribution in [0.2, 0.25) is 0 Å². The minimum absolute atomic E-state index is 0. The van der Waals surface area contributed by atoms with Crippen molar-refractivity contribution in [2.45, 2.75) is 12.5 Å². The predicted octanol–water partition coefficient (Wildman–Crippen LogP) is 1.42. The van der Waals surface area contributed by atoms with Crippen molar-refractivity contribution in [1.29, 1.82) is 0 Å². The molecule has 1 aromatic heterocycles. The first kappa shape index (κ1) is 15.6. The Bertz CT molecular complexity index is 315. The standard InChI is InChI=1S/C9H13N3OS.2ClH/c1-12(7-2-3-10-4-7)9(13)8-5-14-6-11-8;;/h5-7,10H,2-4H2,1H3;2*1H. The second-order valence-corrected chi connectivity index (χ2v) is 4.16. The summed E-state index contributed by atoms with van der Waals surface area (Å²) in [5.74, 6) is 0.0277. The van der Waals surface area contributed by atoms with Crippen molar-refractivity contribution < 1.29 is 4.79 Å². The highest BCUT2D eigenvalue weighted by molar-refractivity contribution is 7.07. The van der Waals surface area contributed by atoms with Gasteiger partial charge >= 0.3 is 0 Å². The number of carbonyl (C=O) groups excluding carboxylic acids is 1. The zero-order chi connectivity index (χ0) is 9.97. The van der Waals surface area contributed by atoms with Gasteiger partial charge in [-0.25, -0.2) is 4.98 Å². The Hall–Kier alpha value is -0.360. The Morgan fingerprint density at radius 3 is 2.88 bits per heavy atom. The van der Waals surface area contributed by atoms with E-state index in [0.717, 1.165) is 19.5 Å². The van der Waals surface area contributed by atoms with Crippen molar-refractivity contribution in [3.05, 3.63) is 16.6 Å². The Kier molecular flexibility index (Phi) is 6.90. The number of aromatic nitrogens is 1. The predicted molar refractivity (Wildman–Crippen MR) is 70.0 cm³/mol. The number of rotatable bonds is 2. The van der Waals surface area contributed by atoms with Gasteiger partial charge in [-0.15, -0.1) is 36.2 Å². The lowest BCUT2D eigenvalue weighted by molar-refractivity contribution is 0.0738. The molecule has 1 N–H and O–H groups in total. The second-order valence-electron chi connectivity index (χ2n) is 3.44. The molecule has 92 valence electrons. The Morgan fingerprint density at radius 2 is 2.38 bits per heavy atom. The molecule has 2 rings (SSSR count). The molecule has 1 aliphatic rings. The van der Waals surface area contributed by atoms with Crippen molar-refractivity contribution >= 4 is 42.1 Å². The van der Waals surface area contributed by atoms with E-state index in [1.807, 2.05) is 7.05 Å². The minimum Gasteiger partial charge on any atom is -0.336 e. The molecular weight excluding hydrogens is 269 g/mol. The number of nitrogens with zero attached hydrogens (tertiary/aromatic N) is 2. The highest BCUT2D eigenvalue weighted by Gasteiger charge is 2.24. The molecule has 0 spiro atoms. The third-order valence-electron chi connectivity index (χ3n) is 2.55. The Balaban J connectivity index is 0.00000112. The maximum Gasteiger partial charge on any atom is 0.273 e. The molecule has 0 aliphatic carbocycles. The summed E-state index contributed by atoms with van der Waals surface area (Å²) >= 11 is 1.45. The fraction of sp³-hybridized carbons (Fsp3) is 0.556. The SMILES string of the molecule is CN(C(=O)c1cscn1)C1CCNC1.Cl.Cl. The molecule has 0 radical (unpaired) electrons. The van der Waals surface area contributed by atoms with Gasteiger partial charge in [0.05, 0.1) is 5.51 Å². The lowest BCUT2D eigenvalue weighted by atomic mass is 10.2. The summed E-state index contributed by atoms with van der Waals surface area (Å²) < 4.78 is 0. The van der Waals surface area contributed by atoms with Crippen LogP contribution in [0.15, 0.2) is 10.9 Å². The number of hydrogen-bond donors (Lipinski definition) is 1. The van der Waals surface area contributed by atoms with Crippen LogP contribution < -0.4 is 5.32 Å². The van der Waals surface area contributed by atoms with E-state index in [1.165, 1.54) is 11.3 Å². The molecule has 0 aromatic carbocycles. The summed E-state index contributed by atoms with van der Waals surface area (Å²) in [6.45, 7) is 1.89. The quantitative estimate of drug-likeness (QED) is 0.893. The zero-order valence-corrected chi connectivity index (χ0v) is 11.3. The van der Waals surface area contributed by atoms with E-state index in [4.69, 9.17) is 0 Å². The average molecular weight is 284 g/mol. The van der Waals surface area contributed by atoms with Crippen LogP contribution in [0.25, 0.3) is 0 Å². The molecule has 0 saturated carbocycles. The van der Waals surface area contributed by atoms with E-state index in [9.17, 15) is 4.79 Å². The molecular formula is C9H15Cl2N3OS. The number of hydrogen-bond acceptors (Lipinski definition) is 4. The first-order valence-electron chi connectivity index (χ1n) is 4.65. The van der Waals surface area contributed by atoms with Crippen molar-refractivity contribution in [2.24, 2.45) is 0 Å². The van der Waals surface area contributed by atoms with Gasteiger partial charge in [0.25, 0.3) is 5.91 Å². The fourth-order valence-electron chi connectivity index (χ4n) is 1.63. The smallest absolute Gasteiger partial charge is 0.273 e. The van der Waals surface area contributed by atoms with Gasteiger partial charge in [-0.05, 0) is 13.0 Å². The largest absolute Gasteiger partial charge is 0.336 e. The summed E-state index contributed by atoms with van der Waals surface area (Å²) in [6.07, 6.45) is 1.03. The monoisotopic (exact) mass is 283 g/mol. The summed E-state index contributed by atoms with van der Waals surface area (Å²) in [5.41, 5.74) is 2.25. The maximum absolute atomic E-state index is 11.8. The molecule has 7 heteroatoms. The molecule has 1 unspecified atom stereocenters. The van der Waals surface area contributed by atoms with Crippen molar-refractivity contribution in [2.75, 3.05) is 20.1 Å². The van der Waals surface area contributed by atoms with E-state index in [2.05, 4.69) is 10.3 Å². The first-order chi connectivity index (χ1) is 6.79. The molecule has 1 saturated heterocycles. The van der Waals surface area contributed by atoms with Crippen LogP contribution in [0.3, 0.4) is 0 Å². The highest BCUT2D eigenvalue weighted by Crippen LogP contribution is 2.11. The number of nitrogens with one attached hydrogen (secondary N) is 1. The van der Waals surface area contributed by atoms with Crippen LogP contribution in [0.4, 0.5) is 0 Å². The number of halogens is 2. The topological polar surface area (TPSA) is 45.2 Å². The van der Waals surface area contributed by atoms with E-state index in [-0.39, 0.29) is 30.7 Å². The van der Waals surface area contributed by atoms with Crippen LogP contribution in [0.5, 0.6) is 0 Å². The van der Waals surface area contributed by atoms with Crippen molar-refractivity contribution in [3.63, 3.8) is 0 Å². The van der Waals surface area contributed by atoms with Gasteiger partial charge in [-0.3, -0.25) is 4.79 Å². The van der Waals surface area contributed by atoms with Gasteiger partial charge in [-0.1, -0.05) is 0 Å². The van der Waals surface area contributed by atoms with Gasteiger partial charge in [0.1, 0.15) is 5.69 Å². The molecule has 1 amide bonds. The maximum atomic E-state index is 11.8. The van der Waals surface area contributed by atoms with E-state index < -0.39 is 0 Å². The molecule has 4 nitrogen and oxygen atoms in total. The Labute approximate surface area is 111 Å². The second kappa shape index (κ2) is 7.06. The highest BCUT2D eigenvalue weighted by atomic mass is 35.5. The van der Waals surface area contributed by atoms with Gasteiger partial charge in [0.2, 0.25) is 0 Å². The van der Waals surface area contributed by atoms with Gasteiger partial charge in [0.15, 0.2) is 0 Å². The lowest BCUT2D eigenvalue weighted by Crippen LogP contribution is -2.38. The van der Waals surface area contributed by atoms with E-state index in [0.29, 0.717) is 11.7 Å². The summed E-state index contributed by atoms with van der Waals surface area (Å²) in [5, 5.41) is 5.03. The van der Waals surface area contributed by atoms with Crippen LogP contribution in [0, 0.1) is 0 Å².